The monoisotopic (exact) mass is 309 g/mol. The second-order valence-corrected chi connectivity index (χ2v) is 6.51. The van der Waals surface area contributed by atoms with Crippen LogP contribution in [0.4, 0.5) is 0 Å². The summed E-state index contributed by atoms with van der Waals surface area (Å²) in [6.45, 7) is 5.27. The Morgan fingerprint density at radius 2 is 2.33 bits per heavy atom. The van der Waals surface area contributed by atoms with Gasteiger partial charge in [0.15, 0.2) is 0 Å². The van der Waals surface area contributed by atoms with Crippen LogP contribution >= 0.6 is 11.6 Å². The number of ether oxygens (including phenoxy) is 1. The zero-order valence-corrected chi connectivity index (χ0v) is 13.9. The number of hydrogen-bond donors (Lipinski definition) is 1. The van der Waals surface area contributed by atoms with Crippen molar-refractivity contribution in [2.45, 2.75) is 51.6 Å². The molecule has 1 aliphatic heterocycles. The molecular weight excluding hydrogens is 282 g/mol. The minimum absolute atomic E-state index is 0.524. The zero-order chi connectivity index (χ0) is 14.9. The molecule has 2 unspecified atom stereocenters. The van der Waals surface area contributed by atoms with E-state index >= 15 is 0 Å². The first kappa shape index (κ1) is 16.8. The van der Waals surface area contributed by atoms with E-state index in [1.165, 1.54) is 37.7 Å². The van der Waals surface area contributed by atoms with Crippen molar-refractivity contribution in [1.29, 1.82) is 0 Å². The maximum atomic E-state index is 6.09. The predicted octanol–water partition coefficient (Wildman–Crippen LogP) is 4.46. The third-order valence-corrected chi connectivity index (χ3v) is 4.49. The Morgan fingerprint density at radius 3 is 3.05 bits per heavy atom. The SMILES string of the molecule is CCNCC(CCCC1CCCO1)Cc1cccc(Cl)c1. The van der Waals surface area contributed by atoms with Crippen molar-refractivity contribution < 1.29 is 4.74 Å². The van der Waals surface area contributed by atoms with Gasteiger partial charge >= 0.3 is 0 Å². The topological polar surface area (TPSA) is 21.3 Å². The maximum Gasteiger partial charge on any atom is 0.0576 e. The molecule has 0 saturated carbocycles. The molecule has 0 aromatic heterocycles. The number of rotatable bonds is 9. The quantitative estimate of drug-likeness (QED) is 0.727. The molecule has 0 amide bonds. The largest absolute Gasteiger partial charge is 0.378 e. The Bertz CT molecular complexity index is 404. The highest BCUT2D eigenvalue weighted by molar-refractivity contribution is 6.30. The highest BCUT2D eigenvalue weighted by Gasteiger charge is 2.16. The molecule has 1 saturated heterocycles. The number of nitrogens with one attached hydrogen (secondary N) is 1. The average Bonchev–Trinajstić information content (AvgIpc) is 2.98. The third kappa shape index (κ3) is 6.37. The summed E-state index contributed by atoms with van der Waals surface area (Å²) < 4.78 is 5.72. The Hall–Kier alpha value is -0.570. The van der Waals surface area contributed by atoms with Crippen molar-refractivity contribution in [2.24, 2.45) is 5.92 Å². The van der Waals surface area contributed by atoms with Crippen LogP contribution in [0.2, 0.25) is 5.02 Å². The van der Waals surface area contributed by atoms with E-state index in [1.807, 2.05) is 12.1 Å². The molecule has 0 bridgehead atoms. The van der Waals surface area contributed by atoms with E-state index in [-0.39, 0.29) is 0 Å². The molecule has 0 aliphatic carbocycles. The van der Waals surface area contributed by atoms with Crippen molar-refractivity contribution in [1.82, 2.24) is 5.32 Å². The van der Waals surface area contributed by atoms with Gasteiger partial charge in [-0.15, -0.1) is 0 Å². The summed E-state index contributed by atoms with van der Waals surface area (Å²) in [5, 5.41) is 4.34. The minimum Gasteiger partial charge on any atom is -0.378 e. The molecular formula is C18H28ClNO. The first-order chi connectivity index (χ1) is 10.3. The maximum absolute atomic E-state index is 6.09. The minimum atomic E-state index is 0.524. The summed E-state index contributed by atoms with van der Waals surface area (Å²) >= 11 is 6.09. The lowest BCUT2D eigenvalue weighted by molar-refractivity contribution is 0.101. The van der Waals surface area contributed by atoms with Crippen LogP contribution in [0.1, 0.15) is 44.6 Å². The lowest BCUT2D eigenvalue weighted by Crippen LogP contribution is -2.24. The van der Waals surface area contributed by atoms with Gasteiger partial charge in [0, 0.05) is 11.6 Å². The van der Waals surface area contributed by atoms with Crippen LogP contribution in [0.15, 0.2) is 24.3 Å². The lowest BCUT2D eigenvalue weighted by Gasteiger charge is -2.18. The number of hydrogen-bond acceptors (Lipinski definition) is 2. The average molecular weight is 310 g/mol. The Labute approximate surface area is 134 Å². The van der Waals surface area contributed by atoms with Crippen LogP contribution in [0, 0.1) is 5.92 Å². The predicted molar refractivity (Wildman–Crippen MR) is 90.0 cm³/mol. The van der Waals surface area contributed by atoms with E-state index < -0.39 is 0 Å². The van der Waals surface area contributed by atoms with Crippen LogP contribution in [0.5, 0.6) is 0 Å². The van der Waals surface area contributed by atoms with E-state index in [4.69, 9.17) is 16.3 Å². The fraction of sp³-hybridized carbons (Fsp3) is 0.667. The van der Waals surface area contributed by atoms with Gasteiger partial charge in [0.2, 0.25) is 0 Å². The van der Waals surface area contributed by atoms with Crippen LogP contribution < -0.4 is 5.32 Å². The van der Waals surface area contributed by atoms with Crippen LogP contribution in [0.3, 0.4) is 0 Å². The molecule has 118 valence electrons. The van der Waals surface area contributed by atoms with Crippen molar-refractivity contribution >= 4 is 11.6 Å². The highest BCUT2D eigenvalue weighted by atomic mass is 35.5. The van der Waals surface area contributed by atoms with Crippen molar-refractivity contribution in [3.8, 4) is 0 Å². The zero-order valence-electron chi connectivity index (χ0n) is 13.1. The molecule has 1 aromatic carbocycles. The Balaban J connectivity index is 1.78. The summed E-state index contributed by atoms with van der Waals surface area (Å²) in [6, 6.07) is 8.28. The summed E-state index contributed by atoms with van der Waals surface area (Å²) in [4.78, 5) is 0. The van der Waals surface area contributed by atoms with E-state index in [9.17, 15) is 0 Å². The molecule has 2 rings (SSSR count). The molecule has 1 N–H and O–H groups in total. The van der Waals surface area contributed by atoms with Crippen LogP contribution in [-0.2, 0) is 11.2 Å². The Morgan fingerprint density at radius 1 is 1.43 bits per heavy atom. The summed E-state index contributed by atoms with van der Waals surface area (Å²) in [5.41, 5.74) is 1.35. The van der Waals surface area contributed by atoms with Gasteiger partial charge in [-0.3, -0.25) is 0 Å². The molecule has 2 nitrogen and oxygen atoms in total. The molecule has 0 spiro atoms. The molecule has 21 heavy (non-hydrogen) atoms. The van der Waals surface area contributed by atoms with Gasteiger partial charge in [-0.25, -0.2) is 0 Å². The first-order valence-electron chi connectivity index (χ1n) is 8.34. The van der Waals surface area contributed by atoms with Crippen molar-refractivity contribution in [2.75, 3.05) is 19.7 Å². The molecule has 1 heterocycles. The van der Waals surface area contributed by atoms with E-state index in [1.54, 1.807) is 0 Å². The van der Waals surface area contributed by atoms with Gasteiger partial charge in [0.05, 0.1) is 6.10 Å². The molecule has 3 heteroatoms. The molecule has 0 radical (unpaired) electrons. The highest BCUT2D eigenvalue weighted by Crippen LogP contribution is 2.22. The normalized spacial score (nSPS) is 19.8. The summed E-state index contributed by atoms with van der Waals surface area (Å²) in [7, 11) is 0. The number of halogens is 1. The fourth-order valence-corrected chi connectivity index (χ4v) is 3.34. The van der Waals surface area contributed by atoms with Gasteiger partial charge in [0.25, 0.3) is 0 Å². The number of benzene rings is 1. The fourth-order valence-electron chi connectivity index (χ4n) is 3.13. The van der Waals surface area contributed by atoms with Gasteiger partial charge in [-0.05, 0) is 68.8 Å². The molecule has 2 atom stereocenters. The lowest BCUT2D eigenvalue weighted by atomic mass is 9.93. The Kier molecular flexibility index (Phi) is 7.56. The summed E-state index contributed by atoms with van der Waals surface area (Å²) in [6.07, 6.45) is 7.88. The van der Waals surface area contributed by atoms with E-state index in [2.05, 4.69) is 24.4 Å². The van der Waals surface area contributed by atoms with Gasteiger partial charge in [-0.1, -0.05) is 37.1 Å². The van der Waals surface area contributed by atoms with E-state index in [0.29, 0.717) is 12.0 Å². The second-order valence-electron chi connectivity index (χ2n) is 6.07. The van der Waals surface area contributed by atoms with Gasteiger partial charge < -0.3 is 10.1 Å². The smallest absolute Gasteiger partial charge is 0.0576 e. The van der Waals surface area contributed by atoms with Gasteiger partial charge in [-0.2, -0.15) is 0 Å². The van der Waals surface area contributed by atoms with Crippen molar-refractivity contribution in [3.05, 3.63) is 34.9 Å². The second kappa shape index (κ2) is 9.45. The standard InChI is InChI=1S/C18H28ClNO/c1-2-20-14-16(7-4-9-18-10-5-11-21-18)12-15-6-3-8-17(19)13-15/h3,6,8,13,16,18,20H,2,4-5,7,9-12,14H2,1H3. The van der Waals surface area contributed by atoms with Crippen LogP contribution in [-0.4, -0.2) is 25.8 Å². The third-order valence-electron chi connectivity index (χ3n) is 4.26. The first-order valence-corrected chi connectivity index (χ1v) is 8.72. The molecule has 1 aliphatic rings. The summed E-state index contributed by atoms with van der Waals surface area (Å²) in [5.74, 6) is 0.685. The van der Waals surface area contributed by atoms with E-state index in [0.717, 1.165) is 31.1 Å². The van der Waals surface area contributed by atoms with Gasteiger partial charge in [0.1, 0.15) is 0 Å². The molecule has 1 aromatic rings. The molecule has 1 fully saturated rings. The van der Waals surface area contributed by atoms with Crippen molar-refractivity contribution in [3.63, 3.8) is 0 Å². The van der Waals surface area contributed by atoms with Crippen LogP contribution in [0.25, 0.3) is 0 Å².